The van der Waals surface area contributed by atoms with Gasteiger partial charge in [-0.1, -0.05) is 12.1 Å². The highest BCUT2D eigenvalue weighted by Crippen LogP contribution is 2.10. The van der Waals surface area contributed by atoms with E-state index in [2.05, 4.69) is 15.4 Å². The SMILES string of the molecule is O=C(NCCn1ncc2c(=O)n(Cc3cccc(F)c3)cnc21)c1ccc(F)cc1F. The first-order chi connectivity index (χ1) is 14.9. The van der Waals surface area contributed by atoms with Crippen LogP contribution in [0.15, 0.2) is 59.8 Å². The van der Waals surface area contributed by atoms with Crippen molar-refractivity contribution in [3.63, 3.8) is 0 Å². The molecule has 7 nitrogen and oxygen atoms in total. The van der Waals surface area contributed by atoms with Gasteiger partial charge in [0.25, 0.3) is 11.5 Å². The molecule has 4 aromatic rings. The van der Waals surface area contributed by atoms with Crippen molar-refractivity contribution in [2.45, 2.75) is 13.1 Å². The first-order valence-corrected chi connectivity index (χ1v) is 9.31. The van der Waals surface area contributed by atoms with Crippen molar-refractivity contribution in [3.05, 3.63) is 93.9 Å². The molecule has 0 aliphatic carbocycles. The Labute approximate surface area is 173 Å². The van der Waals surface area contributed by atoms with Crippen LogP contribution in [0.3, 0.4) is 0 Å². The molecule has 1 amide bonds. The molecule has 0 aliphatic rings. The van der Waals surface area contributed by atoms with Crippen LogP contribution in [-0.4, -0.2) is 31.8 Å². The van der Waals surface area contributed by atoms with E-state index in [1.54, 1.807) is 12.1 Å². The predicted molar refractivity (Wildman–Crippen MR) is 106 cm³/mol. The third-order valence-electron chi connectivity index (χ3n) is 4.65. The summed E-state index contributed by atoms with van der Waals surface area (Å²) in [6.45, 7) is 0.420. The van der Waals surface area contributed by atoms with Gasteiger partial charge in [0.05, 0.1) is 24.8 Å². The normalized spacial score (nSPS) is 11.1. The van der Waals surface area contributed by atoms with E-state index in [0.717, 1.165) is 12.1 Å². The van der Waals surface area contributed by atoms with E-state index in [-0.39, 0.29) is 36.1 Å². The zero-order chi connectivity index (χ0) is 22.0. The highest BCUT2D eigenvalue weighted by Gasteiger charge is 2.14. The lowest BCUT2D eigenvalue weighted by atomic mass is 10.2. The molecule has 0 bridgehead atoms. The number of amides is 1. The Kier molecular flexibility index (Phi) is 5.52. The molecule has 31 heavy (non-hydrogen) atoms. The number of hydrogen-bond acceptors (Lipinski definition) is 4. The summed E-state index contributed by atoms with van der Waals surface area (Å²) in [4.78, 5) is 29.0. The minimum Gasteiger partial charge on any atom is -0.350 e. The van der Waals surface area contributed by atoms with Crippen LogP contribution in [-0.2, 0) is 13.1 Å². The fourth-order valence-corrected chi connectivity index (χ4v) is 3.15. The third-order valence-corrected chi connectivity index (χ3v) is 4.65. The zero-order valence-electron chi connectivity index (χ0n) is 16.1. The summed E-state index contributed by atoms with van der Waals surface area (Å²) in [5.74, 6) is -2.82. The molecule has 0 saturated heterocycles. The third kappa shape index (κ3) is 4.32. The average Bonchev–Trinajstić information content (AvgIpc) is 3.14. The second kappa shape index (κ2) is 8.42. The van der Waals surface area contributed by atoms with Gasteiger partial charge in [-0.25, -0.2) is 22.8 Å². The minimum atomic E-state index is -0.956. The van der Waals surface area contributed by atoms with Gasteiger partial charge >= 0.3 is 0 Å². The molecule has 0 unspecified atom stereocenters. The summed E-state index contributed by atoms with van der Waals surface area (Å²) in [7, 11) is 0. The van der Waals surface area contributed by atoms with E-state index >= 15 is 0 Å². The van der Waals surface area contributed by atoms with Crippen LogP contribution in [0.25, 0.3) is 11.0 Å². The molecular formula is C21H16F3N5O2. The highest BCUT2D eigenvalue weighted by molar-refractivity contribution is 5.94. The van der Waals surface area contributed by atoms with Gasteiger partial charge in [0.2, 0.25) is 0 Å². The summed E-state index contributed by atoms with van der Waals surface area (Å²) < 4.78 is 42.8. The molecule has 10 heteroatoms. The van der Waals surface area contributed by atoms with Crippen molar-refractivity contribution in [3.8, 4) is 0 Å². The number of halogens is 3. The minimum absolute atomic E-state index is 0.0838. The van der Waals surface area contributed by atoms with Crippen LogP contribution in [0.1, 0.15) is 15.9 Å². The number of carbonyl (C=O) groups is 1. The highest BCUT2D eigenvalue weighted by atomic mass is 19.1. The molecule has 1 N–H and O–H groups in total. The number of carbonyl (C=O) groups excluding carboxylic acids is 1. The van der Waals surface area contributed by atoms with E-state index in [9.17, 15) is 22.8 Å². The Balaban J connectivity index is 1.46. The maximum atomic E-state index is 13.7. The van der Waals surface area contributed by atoms with Crippen molar-refractivity contribution in [2.24, 2.45) is 0 Å². The summed E-state index contributed by atoms with van der Waals surface area (Å²) in [6, 6.07) is 8.62. The number of nitrogens with one attached hydrogen (secondary N) is 1. The molecule has 0 spiro atoms. The van der Waals surface area contributed by atoms with Gasteiger partial charge in [-0.15, -0.1) is 0 Å². The molecule has 0 aliphatic heterocycles. The number of nitrogens with zero attached hydrogens (tertiary/aromatic N) is 4. The first kappa shape index (κ1) is 20.3. The maximum Gasteiger partial charge on any atom is 0.264 e. The molecule has 2 heterocycles. The van der Waals surface area contributed by atoms with E-state index in [4.69, 9.17) is 0 Å². The van der Waals surface area contributed by atoms with Gasteiger partial charge in [-0.3, -0.25) is 14.2 Å². The Hall–Kier alpha value is -3.95. The van der Waals surface area contributed by atoms with Crippen LogP contribution in [0.5, 0.6) is 0 Å². The lowest BCUT2D eigenvalue weighted by Crippen LogP contribution is -2.28. The average molecular weight is 427 g/mol. The van der Waals surface area contributed by atoms with Gasteiger partial charge in [0.15, 0.2) is 5.65 Å². The predicted octanol–water partition coefficient (Wildman–Crippen LogP) is 2.49. The van der Waals surface area contributed by atoms with Crippen molar-refractivity contribution >= 4 is 16.9 Å². The van der Waals surface area contributed by atoms with Crippen LogP contribution in [0.4, 0.5) is 13.2 Å². The lowest BCUT2D eigenvalue weighted by Gasteiger charge is -2.08. The van der Waals surface area contributed by atoms with Crippen molar-refractivity contribution < 1.29 is 18.0 Å². The van der Waals surface area contributed by atoms with Crippen LogP contribution in [0.2, 0.25) is 0 Å². The number of fused-ring (bicyclic) bond motifs is 1. The fraction of sp³-hybridized carbons (Fsp3) is 0.143. The maximum absolute atomic E-state index is 13.7. The molecule has 0 saturated carbocycles. The monoisotopic (exact) mass is 427 g/mol. The van der Waals surface area contributed by atoms with Crippen LogP contribution in [0, 0.1) is 17.5 Å². The smallest absolute Gasteiger partial charge is 0.264 e. The number of rotatable bonds is 6. The van der Waals surface area contributed by atoms with Gasteiger partial charge in [-0.05, 0) is 29.8 Å². The van der Waals surface area contributed by atoms with Crippen molar-refractivity contribution in [1.29, 1.82) is 0 Å². The fourth-order valence-electron chi connectivity index (χ4n) is 3.15. The Morgan fingerprint density at radius 1 is 1.06 bits per heavy atom. The zero-order valence-corrected chi connectivity index (χ0v) is 16.1. The van der Waals surface area contributed by atoms with Crippen molar-refractivity contribution in [1.82, 2.24) is 24.6 Å². The Morgan fingerprint density at radius 3 is 2.65 bits per heavy atom. The Morgan fingerprint density at radius 2 is 1.87 bits per heavy atom. The number of hydrogen-bond donors (Lipinski definition) is 1. The van der Waals surface area contributed by atoms with Gasteiger partial charge in [0.1, 0.15) is 29.2 Å². The van der Waals surface area contributed by atoms with E-state index in [1.165, 1.54) is 33.9 Å². The number of benzene rings is 2. The van der Waals surface area contributed by atoms with Crippen LogP contribution < -0.4 is 10.9 Å². The quantitative estimate of drug-likeness (QED) is 0.513. The van der Waals surface area contributed by atoms with E-state index in [1.807, 2.05) is 0 Å². The summed E-state index contributed by atoms with van der Waals surface area (Å²) in [5, 5.41) is 6.91. The van der Waals surface area contributed by atoms with E-state index in [0.29, 0.717) is 17.3 Å². The topological polar surface area (TPSA) is 81.8 Å². The number of aromatic nitrogens is 4. The van der Waals surface area contributed by atoms with Gasteiger partial charge in [0, 0.05) is 12.6 Å². The second-order valence-corrected chi connectivity index (χ2v) is 6.79. The second-order valence-electron chi connectivity index (χ2n) is 6.79. The van der Waals surface area contributed by atoms with Gasteiger partial charge < -0.3 is 5.32 Å². The molecule has 4 rings (SSSR count). The molecule has 158 valence electrons. The Bertz CT molecular complexity index is 1330. The van der Waals surface area contributed by atoms with Crippen molar-refractivity contribution in [2.75, 3.05) is 6.54 Å². The van der Waals surface area contributed by atoms with Crippen LogP contribution >= 0.6 is 0 Å². The lowest BCUT2D eigenvalue weighted by molar-refractivity contribution is 0.0948. The first-order valence-electron chi connectivity index (χ1n) is 9.31. The summed E-state index contributed by atoms with van der Waals surface area (Å²) in [5.41, 5.74) is 0.331. The largest absolute Gasteiger partial charge is 0.350 e. The molecule has 2 aromatic heterocycles. The van der Waals surface area contributed by atoms with Gasteiger partial charge in [-0.2, -0.15) is 5.10 Å². The standard InChI is InChI=1S/C21H16F3N5O2/c22-14-3-1-2-13(8-14)11-28-12-26-19-17(21(28)31)10-27-29(19)7-6-25-20(30)16-5-4-15(23)9-18(16)24/h1-5,8-10,12H,6-7,11H2,(H,25,30). The molecule has 0 radical (unpaired) electrons. The van der Waals surface area contributed by atoms with E-state index < -0.39 is 23.4 Å². The summed E-state index contributed by atoms with van der Waals surface area (Å²) >= 11 is 0. The molecule has 2 aromatic carbocycles. The summed E-state index contributed by atoms with van der Waals surface area (Å²) in [6.07, 6.45) is 2.72. The molecule has 0 fully saturated rings. The molecular weight excluding hydrogens is 411 g/mol. The molecule has 0 atom stereocenters.